The van der Waals surface area contributed by atoms with Gasteiger partial charge < -0.3 is 41.4 Å². The molecule has 0 amide bonds. The molecular weight excluding hydrogens is 776 g/mol. The highest BCUT2D eigenvalue weighted by molar-refractivity contribution is 7.92. The van der Waals surface area contributed by atoms with Crippen LogP contribution < -0.4 is 31.9 Å². The molecule has 0 unspecified atom stereocenters. The van der Waals surface area contributed by atoms with E-state index in [4.69, 9.17) is 31.5 Å². The maximum atomic E-state index is 14.0. The summed E-state index contributed by atoms with van der Waals surface area (Å²) in [5.41, 5.74) is 13.4. The fourth-order valence-corrected chi connectivity index (χ4v) is 6.78. The lowest BCUT2D eigenvalue weighted by Gasteiger charge is -2.34. The Hall–Kier alpha value is -5.87. The summed E-state index contributed by atoms with van der Waals surface area (Å²) in [5.74, 6) is 1.41. The number of aromatic nitrogens is 4. The summed E-state index contributed by atoms with van der Waals surface area (Å²) in [7, 11) is -4.87. The molecule has 2 aromatic carbocycles. The van der Waals surface area contributed by atoms with E-state index in [9.17, 15) is 12.8 Å². The van der Waals surface area contributed by atoms with Gasteiger partial charge in [-0.25, -0.2) is 12.8 Å². The second-order valence-corrected chi connectivity index (χ2v) is 18.9. The summed E-state index contributed by atoms with van der Waals surface area (Å²) in [5, 5.41) is 24.1. The van der Waals surface area contributed by atoms with Crippen molar-refractivity contribution in [2.45, 2.75) is 25.9 Å². The first kappa shape index (κ1) is 42.3. The number of hydrogen-bond donors (Lipinski definition) is 4. The Bertz CT molecular complexity index is 2460. The van der Waals surface area contributed by atoms with Crippen LogP contribution in [0.3, 0.4) is 0 Å². The van der Waals surface area contributed by atoms with Crippen molar-refractivity contribution in [1.82, 2.24) is 19.9 Å². The number of nitrogens with two attached hydrogens (primary N) is 2. The van der Waals surface area contributed by atoms with Crippen LogP contribution in [0.15, 0.2) is 51.2 Å². The van der Waals surface area contributed by atoms with Crippen LogP contribution in [-0.4, -0.2) is 105 Å². The minimum absolute atomic E-state index is 0.0661. The topological polar surface area (TPSA) is 259 Å². The largest absolute Gasteiger partial charge is 0.397 e. The third kappa shape index (κ3) is 11.8. The number of nitrogens with one attached hydrogen (secondary N) is 2. The molecule has 2 aliphatic heterocycles. The minimum Gasteiger partial charge on any atom is -0.397 e. The lowest BCUT2D eigenvalue weighted by Crippen LogP contribution is -2.44. The molecule has 0 bridgehead atoms. The van der Waals surface area contributed by atoms with Crippen molar-refractivity contribution in [3.63, 3.8) is 0 Å². The number of nitriles is 2. The van der Waals surface area contributed by atoms with Gasteiger partial charge in [0, 0.05) is 69.7 Å². The second kappa shape index (κ2) is 17.9. The van der Waals surface area contributed by atoms with Crippen LogP contribution in [0.25, 0.3) is 0 Å². The highest BCUT2D eigenvalue weighted by Crippen LogP contribution is 2.31. The molecule has 0 aliphatic carbocycles. The molecule has 2 aromatic heterocycles. The van der Waals surface area contributed by atoms with Crippen molar-refractivity contribution < 1.29 is 22.3 Å². The van der Waals surface area contributed by atoms with Crippen molar-refractivity contribution in [2.75, 3.05) is 96.4 Å². The van der Waals surface area contributed by atoms with Crippen molar-refractivity contribution in [2.24, 2.45) is 8.73 Å². The number of rotatable bonds is 8. The lowest BCUT2D eigenvalue weighted by atomic mass is 10.2. The summed E-state index contributed by atoms with van der Waals surface area (Å²) in [6.07, 6.45) is 6.10. The number of ether oxygens (including phenoxy) is 2. The standard InChI is InChI=1S/C18H22FN7O2S.C18H23N7O2S/c1-11-10-28-5-4-26(11)16-8-15(25-29(2,3)27)23-18(24-16)22-14-7-12(9-20)6-13(19)17(14)21;1-12-11-27-7-6-25(12)17-9-16(24-28(2,3)26)22-18(23-17)21-15-8-13(10-19)4-5-14(15)20/h6-8,11H,4-5,10,21H2,1-3H3,(H,22,23,24);4-5,8-9,12H,6-7,11,20H2,1-3H3,(H,21,22,23)/t11-;12-/m11/s1. The number of anilines is 8. The van der Waals surface area contributed by atoms with Crippen LogP contribution in [0.2, 0.25) is 0 Å². The fraction of sp³-hybridized carbons (Fsp3) is 0.389. The van der Waals surface area contributed by atoms with Crippen LogP contribution in [0.4, 0.5) is 62.3 Å². The van der Waals surface area contributed by atoms with Gasteiger partial charge in [-0.1, -0.05) is 0 Å². The number of morpholine rings is 2. The number of hydrogen-bond acceptors (Lipinski definition) is 18. The fourth-order valence-electron chi connectivity index (χ4n) is 5.69. The predicted molar refractivity (Wildman–Crippen MR) is 221 cm³/mol. The third-order valence-electron chi connectivity index (χ3n) is 8.28. The van der Waals surface area contributed by atoms with E-state index < -0.39 is 25.3 Å². The van der Waals surface area contributed by atoms with E-state index in [1.165, 1.54) is 18.6 Å². The van der Waals surface area contributed by atoms with Gasteiger partial charge in [-0.05, 0) is 44.2 Å². The molecule has 2 atom stereocenters. The molecule has 4 heterocycles. The Kier molecular flexibility index (Phi) is 13.3. The zero-order valence-electron chi connectivity index (χ0n) is 32.4. The zero-order valence-corrected chi connectivity index (χ0v) is 34.0. The van der Waals surface area contributed by atoms with Gasteiger partial charge in [0.25, 0.3) is 0 Å². The first-order valence-electron chi connectivity index (χ1n) is 17.6. The molecule has 4 aromatic rings. The summed E-state index contributed by atoms with van der Waals surface area (Å²) in [6.45, 7) is 7.61. The van der Waals surface area contributed by atoms with Gasteiger partial charge in [-0.3, -0.25) is 0 Å². The SMILES string of the molecule is C[C@@H]1COCCN1c1cc(N=S(C)(C)=O)nc(Nc2cc(C#N)cc(F)c2N)n1.C[C@@H]1COCCN1c1cc(N=S(C)(C)=O)nc(Nc2cc(C#N)ccc2N)n1. The first-order valence-corrected chi connectivity index (χ1v) is 22.2. The molecule has 0 radical (unpaired) electrons. The van der Waals surface area contributed by atoms with Crippen LogP contribution in [0.1, 0.15) is 25.0 Å². The minimum atomic E-state index is -2.47. The van der Waals surface area contributed by atoms with Gasteiger partial charge in [-0.2, -0.15) is 39.2 Å². The van der Waals surface area contributed by atoms with Crippen LogP contribution in [0.5, 0.6) is 0 Å². The molecule has 6 rings (SSSR count). The molecule has 21 heteroatoms. The smallest absolute Gasteiger partial charge is 0.231 e. The molecule has 0 spiro atoms. The predicted octanol–water partition coefficient (Wildman–Crippen LogP) is 4.66. The van der Waals surface area contributed by atoms with E-state index in [-0.39, 0.29) is 46.7 Å². The normalized spacial score (nSPS) is 17.0. The summed E-state index contributed by atoms with van der Waals surface area (Å²) < 4.78 is 57.7. The Morgan fingerprint density at radius 3 is 1.68 bits per heavy atom. The van der Waals surface area contributed by atoms with Gasteiger partial charge in [-0.15, -0.1) is 0 Å². The van der Waals surface area contributed by atoms with Crippen molar-refractivity contribution in [3.05, 3.63) is 59.4 Å². The number of halogens is 1. The summed E-state index contributed by atoms with van der Waals surface area (Å²) in [4.78, 5) is 21.8. The van der Waals surface area contributed by atoms with Gasteiger partial charge >= 0.3 is 0 Å². The van der Waals surface area contributed by atoms with E-state index >= 15 is 0 Å². The van der Waals surface area contributed by atoms with Crippen LogP contribution in [0, 0.1) is 28.5 Å². The highest BCUT2D eigenvalue weighted by Gasteiger charge is 2.24. The van der Waals surface area contributed by atoms with Gasteiger partial charge in [0.15, 0.2) is 11.6 Å². The van der Waals surface area contributed by atoms with E-state index in [1.807, 2.05) is 24.8 Å². The van der Waals surface area contributed by atoms with E-state index in [0.29, 0.717) is 73.9 Å². The molecule has 57 heavy (non-hydrogen) atoms. The Morgan fingerprint density at radius 2 is 1.23 bits per heavy atom. The van der Waals surface area contributed by atoms with Gasteiger partial charge in [0.05, 0.1) is 84.5 Å². The zero-order chi connectivity index (χ0) is 41.5. The average Bonchev–Trinajstić information content (AvgIpc) is 3.13. The Labute approximate surface area is 331 Å². The monoisotopic (exact) mass is 820 g/mol. The van der Waals surface area contributed by atoms with Gasteiger partial charge in [0.2, 0.25) is 11.9 Å². The number of benzene rings is 2. The molecule has 6 N–H and O–H groups in total. The number of nitrogen functional groups attached to an aromatic ring is 2. The molecular formula is C36H45FN14O4S2. The first-order chi connectivity index (χ1) is 26.9. The lowest BCUT2D eigenvalue weighted by molar-refractivity contribution is 0.0985. The van der Waals surface area contributed by atoms with E-state index in [1.54, 1.807) is 42.8 Å². The maximum absolute atomic E-state index is 14.0. The Morgan fingerprint density at radius 1 is 0.754 bits per heavy atom. The van der Waals surface area contributed by atoms with Crippen LogP contribution >= 0.6 is 0 Å². The van der Waals surface area contributed by atoms with Crippen LogP contribution in [-0.2, 0) is 28.9 Å². The van der Waals surface area contributed by atoms with E-state index in [2.05, 4.69) is 50.3 Å². The van der Waals surface area contributed by atoms with Crippen molar-refractivity contribution in [3.8, 4) is 12.1 Å². The second-order valence-electron chi connectivity index (χ2n) is 13.8. The Balaban J connectivity index is 0.000000218. The maximum Gasteiger partial charge on any atom is 0.231 e. The molecule has 0 saturated carbocycles. The third-order valence-corrected chi connectivity index (χ3v) is 9.54. The average molecular weight is 821 g/mol. The molecule has 2 fully saturated rings. The van der Waals surface area contributed by atoms with Crippen molar-refractivity contribution >= 4 is 77.4 Å². The van der Waals surface area contributed by atoms with Crippen molar-refractivity contribution in [1.29, 1.82) is 10.5 Å². The molecule has 18 nitrogen and oxygen atoms in total. The highest BCUT2D eigenvalue weighted by atomic mass is 32.2. The number of nitrogens with zero attached hydrogens (tertiary/aromatic N) is 10. The summed E-state index contributed by atoms with van der Waals surface area (Å²) in [6, 6.07) is 14.9. The molecule has 302 valence electrons. The van der Waals surface area contributed by atoms with E-state index in [0.717, 1.165) is 6.07 Å². The quantitative estimate of drug-likeness (QED) is 0.176. The molecule has 2 aliphatic rings. The molecule has 2 saturated heterocycles. The van der Waals surface area contributed by atoms with Gasteiger partial charge in [0.1, 0.15) is 17.5 Å². The summed E-state index contributed by atoms with van der Waals surface area (Å²) >= 11 is 0.